The summed E-state index contributed by atoms with van der Waals surface area (Å²) in [5.74, 6) is 0.931. The summed E-state index contributed by atoms with van der Waals surface area (Å²) in [6, 6.07) is 6.14. The number of aromatic nitrogens is 3. The molecule has 3 heterocycles. The summed E-state index contributed by atoms with van der Waals surface area (Å²) in [6.45, 7) is 1.81. The number of nitrogens with one attached hydrogen (secondary N) is 1. The van der Waals surface area contributed by atoms with Crippen LogP contribution in [-0.2, 0) is 0 Å². The number of carbonyl (C=O) groups is 1. The molecule has 6 nitrogen and oxygen atoms in total. The zero-order valence-electron chi connectivity index (χ0n) is 10.9. The fourth-order valence-electron chi connectivity index (χ4n) is 2.32. The topological polar surface area (TPSA) is 71.0 Å². The molecule has 0 radical (unpaired) electrons. The highest BCUT2D eigenvalue weighted by Gasteiger charge is 2.22. The van der Waals surface area contributed by atoms with Crippen molar-refractivity contribution in [1.82, 2.24) is 19.9 Å². The Hall–Kier alpha value is -2.02. The Bertz CT molecular complexity index is 551. The number of hydrogen-bond acceptors (Lipinski definition) is 6. The molecule has 0 bridgehead atoms. The van der Waals surface area contributed by atoms with Crippen LogP contribution in [0.5, 0.6) is 0 Å². The lowest BCUT2D eigenvalue weighted by Gasteiger charge is -2.33. The van der Waals surface area contributed by atoms with Crippen LogP contribution in [0.25, 0.3) is 0 Å². The lowest BCUT2D eigenvalue weighted by Crippen LogP contribution is -2.44. The van der Waals surface area contributed by atoms with Crippen molar-refractivity contribution < 1.29 is 4.79 Å². The number of carbonyl (C=O) groups excluding carboxylic acids is 1. The van der Waals surface area contributed by atoms with Gasteiger partial charge in [-0.05, 0) is 36.5 Å². The van der Waals surface area contributed by atoms with E-state index in [0.717, 1.165) is 43.3 Å². The number of rotatable bonds is 3. The smallest absolute Gasteiger partial charge is 0.264 e. The maximum atomic E-state index is 11.9. The minimum atomic E-state index is -0.0729. The third kappa shape index (κ3) is 2.93. The second kappa shape index (κ2) is 5.96. The van der Waals surface area contributed by atoms with Crippen LogP contribution in [-0.4, -0.2) is 39.6 Å². The van der Waals surface area contributed by atoms with E-state index in [2.05, 4.69) is 24.8 Å². The van der Waals surface area contributed by atoms with Crippen LogP contribution >= 0.6 is 11.5 Å². The third-order valence-corrected chi connectivity index (χ3v) is 4.05. The Labute approximate surface area is 121 Å². The Morgan fingerprint density at radius 1 is 1.35 bits per heavy atom. The molecule has 0 aliphatic carbocycles. The number of nitrogens with zero attached hydrogens (tertiary/aromatic N) is 4. The van der Waals surface area contributed by atoms with Crippen LogP contribution in [0.2, 0.25) is 0 Å². The minimum absolute atomic E-state index is 0.0729. The summed E-state index contributed by atoms with van der Waals surface area (Å²) in [4.78, 5) is 19.1. The Balaban J connectivity index is 1.53. The molecule has 1 fully saturated rings. The van der Waals surface area contributed by atoms with Crippen LogP contribution in [0, 0.1) is 0 Å². The molecule has 1 aliphatic rings. The van der Waals surface area contributed by atoms with Crippen LogP contribution < -0.4 is 10.2 Å². The summed E-state index contributed by atoms with van der Waals surface area (Å²) >= 11 is 1.12. The predicted octanol–water partition coefficient (Wildman–Crippen LogP) is 1.33. The average Bonchev–Trinajstić information content (AvgIpc) is 3.03. The molecule has 0 aromatic carbocycles. The molecule has 0 unspecified atom stereocenters. The van der Waals surface area contributed by atoms with Gasteiger partial charge in [-0.25, -0.2) is 4.98 Å². The first-order valence-corrected chi connectivity index (χ1v) is 7.34. The van der Waals surface area contributed by atoms with Gasteiger partial charge in [0.25, 0.3) is 5.91 Å². The molecule has 2 aromatic rings. The Morgan fingerprint density at radius 3 is 2.85 bits per heavy atom. The first kappa shape index (κ1) is 13.0. The predicted molar refractivity (Wildman–Crippen MR) is 76.8 cm³/mol. The van der Waals surface area contributed by atoms with Crippen LogP contribution in [0.4, 0.5) is 5.82 Å². The summed E-state index contributed by atoms with van der Waals surface area (Å²) in [7, 11) is 0. The van der Waals surface area contributed by atoms with Gasteiger partial charge in [0.15, 0.2) is 0 Å². The molecule has 1 aliphatic heterocycles. The average molecular weight is 289 g/mol. The zero-order valence-corrected chi connectivity index (χ0v) is 11.7. The Kier molecular flexibility index (Phi) is 3.87. The van der Waals surface area contributed by atoms with Crippen LogP contribution in [0.1, 0.15) is 22.5 Å². The molecule has 1 N–H and O–H groups in total. The molecule has 0 atom stereocenters. The lowest BCUT2D eigenvalue weighted by atomic mass is 10.0. The van der Waals surface area contributed by atoms with Gasteiger partial charge in [0, 0.05) is 25.3 Å². The van der Waals surface area contributed by atoms with Gasteiger partial charge in [0.05, 0.1) is 6.20 Å². The SMILES string of the molecule is O=C(NC1CCN(c2ccccn2)CC1)c1cnns1. The monoisotopic (exact) mass is 289 g/mol. The second-order valence-corrected chi connectivity index (χ2v) is 5.49. The van der Waals surface area contributed by atoms with E-state index in [9.17, 15) is 4.79 Å². The number of piperidine rings is 1. The summed E-state index contributed by atoms with van der Waals surface area (Å²) < 4.78 is 3.70. The van der Waals surface area contributed by atoms with Gasteiger partial charge in [-0.2, -0.15) is 0 Å². The quantitative estimate of drug-likeness (QED) is 0.923. The molecule has 1 amide bonds. The fraction of sp³-hybridized carbons (Fsp3) is 0.385. The van der Waals surface area contributed by atoms with Crippen LogP contribution in [0.15, 0.2) is 30.6 Å². The van der Waals surface area contributed by atoms with Gasteiger partial charge < -0.3 is 10.2 Å². The number of pyridine rings is 1. The first-order valence-electron chi connectivity index (χ1n) is 6.57. The second-order valence-electron chi connectivity index (χ2n) is 4.70. The fourth-order valence-corrected chi connectivity index (χ4v) is 2.74. The molecular weight excluding hydrogens is 274 g/mol. The van der Waals surface area contributed by atoms with Crippen molar-refractivity contribution in [2.75, 3.05) is 18.0 Å². The van der Waals surface area contributed by atoms with Crippen molar-refractivity contribution in [3.05, 3.63) is 35.5 Å². The molecule has 3 rings (SSSR count). The van der Waals surface area contributed by atoms with E-state index < -0.39 is 0 Å². The van der Waals surface area contributed by atoms with Crippen molar-refractivity contribution in [2.24, 2.45) is 0 Å². The van der Waals surface area contributed by atoms with Crippen molar-refractivity contribution >= 4 is 23.3 Å². The van der Waals surface area contributed by atoms with Crippen molar-refractivity contribution in [3.63, 3.8) is 0 Å². The van der Waals surface area contributed by atoms with E-state index in [-0.39, 0.29) is 11.9 Å². The summed E-state index contributed by atoms with van der Waals surface area (Å²) in [6.07, 6.45) is 5.16. The van der Waals surface area contributed by atoms with Crippen molar-refractivity contribution in [1.29, 1.82) is 0 Å². The Morgan fingerprint density at radius 2 is 2.20 bits per heavy atom. The zero-order chi connectivity index (χ0) is 13.8. The molecule has 2 aromatic heterocycles. The van der Waals surface area contributed by atoms with Gasteiger partial charge in [-0.15, -0.1) is 5.10 Å². The van der Waals surface area contributed by atoms with Gasteiger partial charge in [-0.1, -0.05) is 10.6 Å². The minimum Gasteiger partial charge on any atom is -0.356 e. The van der Waals surface area contributed by atoms with Gasteiger partial charge >= 0.3 is 0 Å². The lowest BCUT2D eigenvalue weighted by molar-refractivity contribution is 0.0935. The van der Waals surface area contributed by atoms with E-state index in [1.54, 1.807) is 6.20 Å². The standard InChI is InChI=1S/C13H15N5OS/c19-13(11-9-15-17-20-11)16-10-4-7-18(8-5-10)12-3-1-2-6-14-12/h1-3,6,9-10H,4-5,7-8H2,(H,16,19). The van der Waals surface area contributed by atoms with E-state index in [4.69, 9.17) is 0 Å². The molecule has 104 valence electrons. The molecule has 20 heavy (non-hydrogen) atoms. The molecule has 0 spiro atoms. The molecular formula is C13H15N5OS. The molecule has 1 saturated heterocycles. The summed E-state index contributed by atoms with van der Waals surface area (Å²) in [5, 5.41) is 6.72. The number of anilines is 1. The number of amides is 1. The summed E-state index contributed by atoms with van der Waals surface area (Å²) in [5.41, 5.74) is 0. The number of hydrogen-bond donors (Lipinski definition) is 1. The van der Waals surface area contributed by atoms with Crippen molar-refractivity contribution in [3.8, 4) is 0 Å². The maximum Gasteiger partial charge on any atom is 0.264 e. The van der Waals surface area contributed by atoms with E-state index in [1.165, 1.54) is 6.20 Å². The third-order valence-electron chi connectivity index (χ3n) is 3.39. The molecule has 0 saturated carbocycles. The highest BCUT2D eigenvalue weighted by Crippen LogP contribution is 2.17. The highest BCUT2D eigenvalue weighted by atomic mass is 32.1. The van der Waals surface area contributed by atoms with Gasteiger partial charge in [-0.3, -0.25) is 4.79 Å². The maximum absolute atomic E-state index is 11.9. The van der Waals surface area contributed by atoms with Crippen molar-refractivity contribution in [2.45, 2.75) is 18.9 Å². The molecule has 7 heteroatoms. The van der Waals surface area contributed by atoms with Gasteiger partial charge in [0.1, 0.15) is 10.7 Å². The first-order chi connectivity index (χ1) is 9.83. The van der Waals surface area contributed by atoms with Gasteiger partial charge in [0.2, 0.25) is 0 Å². The van der Waals surface area contributed by atoms with E-state index in [0.29, 0.717) is 4.88 Å². The van der Waals surface area contributed by atoms with Crippen LogP contribution in [0.3, 0.4) is 0 Å². The normalized spacial score (nSPS) is 16.1. The van der Waals surface area contributed by atoms with E-state index in [1.807, 2.05) is 18.2 Å². The van der Waals surface area contributed by atoms with E-state index >= 15 is 0 Å². The highest BCUT2D eigenvalue weighted by molar-refractivity contribution is 7.07. The largest absolute Gasteiger partial charge is 0.356 e.